The molecular formula is C19H26O6. The van der Waals surface area contributed by atoms with E-state index in [4.69, 9.17) is 18.9 Å². The van der Waals surface area contributed by atoms with Crippen LogP contribution in [0.3, 0.4) is 0 Å². The summed E-state index contributed by atoms with van der Waals surface area (Å²) in [6.45, 7) is 7.41. The second-order valence-electron chi connectivity index (χ2n) is 7.67. The van der Waals surface area contributed by atoms with Gasteiger partial charge in [0.2, 0.25) is 0 Å². The number of rotatable bonds is 2. The molecule has 0 bridgehead atoms. The largest absolute Gasteiger partial charge is 0.456 e. The average Bonchev–Trinajstić information content (AvgIpc) is 2.58. The number of hydrogen-bond acceptors (Lipinski definition) is 6. The van der Waals surface area contributed by atoms with E-state index in [-0.39, 0.29) is 5.97 Å². The van der Waals surface area contributed by atoms with Crippen LogP contribution in [-0.2, 0) is 23.7 Å². The fourth-order valence-electron chi connectivity index (χ4n) is 3.03. The molecule has 2 fully saturated rings. The maximum Gasteiger partial charge on any atom is 0.311 e. The Morgan fingerprint density at radius 1 is 1.20 bits per heavy atom. The van der Waals surface area contributed by atoms with Gasteiger partial charge in [0.05, 0.1) is 18.1 Å². The van der Waals surface area contributed by atoms with E-state index in [1.165, 1.54) is 0 Å². The Balaban J connectivity index is 1.73. The van der Waals surface area contributed by atoms with Crippen molar-refractivity contribution >= 4 is 5.97 Å². The topological polar surface area (TPSA) is 74.2 Å². The van der Waals surface area contributed by atoms with Crippen LogP contribution in [0.15, 0.2) is 30.3 Å². The van der Waals surface area contributed by atoms with E-state index in [0.29, 0.717) is 6.61 Å². The van der Waals surface area contributed by atoms with E-state index in [9.17, 15) is 9.90 Å². The van der Waals surface area contributed by atoms with Crippen molar-refractivity contribution in [1.29, 1.82) is 0 Å². The predicted molar refractivity (Wildman–Crippen MR) is 89.7 cm³/mol. The van der Waals surface area contributed by atoms with Gasteiger partial charge in [-0.3, -0.25) is 4.79 Å². The fourth-order valence-corrected chi connectivity index (χ4v) is 3.03. The van der Waals surface area contributed by atoms with Crippen molar-refractivity contribution in [1.82, 2.24) is 0 Å². The lowest BCUT2D eigenvalue weighted by Gasteiger charge is -2.47. The molecule has 1 aromatic rings. The number of carbonyl (C=O) groups is 1. The summed E-state index contributed by atoms with van der Waals surface area (Å²) in [4.78, 5) is 12.2. The number of ether oxygens (including phenoxy) is 4. The lowest BCUT2D eigenvalue weighted by Crippen LogP contribution is -2.62. The predicted octanol–water partition coefficient (Wildman–Crippen LogP) is 2.21. The molecule has 1 aromatic carbocycles. The SMILES string of the molecule is C[C@@H]1OC2COC(c3ccccc3)O[C@H]2[C@H](O)C1OC(=O)C(C)(C)C. The van der Waals surface area contributed by atoms with E-state index < -0.39 is 42.2 Å². The minimum Gasteiger partial charge on any atom is -0.456 e. The van der Waals surface area contributed by atoms with E-state index >= 15 is 0 Å². The highest BCUT2D eigenvalue weighted by Crippen LogP contribution is 2.35. The van der Waals surface area contributed by atoms with Crippen molar-refractivity contribution in [3.63, 3.8) is 0 Å². The summed E-state index contributed by atoms with van der Waals surface area (Å²) in [5, 5.41) is 10.8. The highest BCUT2D eigenvalue weighted by atomic mass is 16.7. The Morgan fingerprint density at radius 3 is 2.52 bits per heavy atom. The third kappa shape index (κ3) is 3.87. The molecule has 0 spiro atoms. The minimum atomic E-state index is -0.977. The zero-order valence-electron chi connectivity index (χ0n) is 15.0. The number of benzene rings is 1. The minimum absolute atomic E-state index is 0.311. The van der Waals surface area contributed by atoms with Gasteiger partial charge in [0.25, 0.3) is 0 Å². The maximum absolute atomic E-state index is 12.2. The van der Waals surface area contributed by atoms with Crippen LogP contribution in [0.2, 0.25) is 0 Å². The van der Waals surface area contributed by atoms with Gasteiger partial charge < -0.3 is 24.1 Å². The number of aliphatic hydroxyl groups is 1. The molecule has 138 valence electrons. The molecule has 2 heterocycles. The van der Waals surface area contributed by atoms with Crippen LogP contribution in [-0.4, -0.2) is 48.2 Å². The first-order chi connectivity index (χ1) is 11.8. The van der Waals surface area contributed by atoms with Gasteiger partial charge in [-0.05, 0) is 27.7 Å². The van der Waals surface area contributed by atoms with Crippen molar-refractivity contribution < 1.29 is 28.8 Å². The first-order valence-corrected chi connectivity index (χ1v) is 8.64. The molecule has 2 aliphatic rings. The fraction of sp³-hybridized carbons (Fsp3) is 0.632. The van der Waals surface area contributed by atoms with Crippen LogP contribution in [0, 0.1) is 5.41 Å². The average molecular weight is 350 g/mol. The Kier molecular flexibility index (Phi) is 5.16. The third-order valence-electron chi connectivity index (χ3n) is 4.51. The number of esters is 1. The molecule has 6 atom stereocenters. The van der Waals surface area contributed by atoms with Crippen molar-refractivity contribution in [2.75, 3.05) is 6.61 Å². The molecule has 0 aromatic heterocycles. The molecule has 0 radical (unpaired) electrons. The molecule has 0 aliphatic carbocycles. The first-order valence-electron chi connectivity index (χ1n) is 8.64. The zero-order chi connectivity index (χ0) is 18.2. The highest BCUT2D eigenvalue weighted by Gasteiger charge is 2.50. The molecule has 3 rings (SSSR count). The smallest absolute Gasteiger partial charge is 0.311 e. The second kappa shape index (κ2) is 7.03. The van der Waals surface area contributed by atoms with Crippen LogP contribution < -0.4 is 0 Å². The van der Waals surface area contributed by atoms with E-state index in [1.54, 1.807) is 27.7 Å². The van der Waals surface area contributed by atoms with Gasteiger partial charge >= 0.3 is 5.97 Å². The number of aliphatic hydroxyl groups excluding tert-OH is 1. The van der Waals surface area contributed by atoms with Crippen LogP contribution >= 0.6 is 0 Å². The van der Waals surface area contributed by atoms with Gasteiger partial charge in [-0.25, -0.2) is 0 Å². The number of carbonyl (C=O) groups excluding carboxylic acids is 1. The molecule has 0 amide bonds. The Hall–Kier alpha value is -1.47. The standard InChI is InChI=1S/C19H26O6/c1-11-15(25-18(21)19(2,3)4)14(20)16-13(23-11)10-22-17(24-16)12-8-6-5-7-9-12/h5-9,11,13-17,20H,10H2,1-4H3/t11-,13?,14+,15?,16+,17?/m0/s1. The van der Waals surface area contributed by atoms with Gasteiger partial charge in [0.15, 0.2) is 12.4 Å². The van der Waals surface area contributed by atoms with Gasteiger partial charge in [-0.15, -0.1) is 0 Å². The molecule has 6 heteroatoms. The van der Waals surface area contributed by atoms with Crippen molar-refractivity contribution in [2.24, 2.45) is 5.41 Å². The van der Waals surface area contributed by atoms with E-state index in [0.717, 1.165) is 5.56 Å². The molecular weight excluding hydrogens is 324 g/mol. The summed E-state index contributed by atoms with van der Waals surface area (Å²) < 4.78 is 23.1. The first kappa shape index (κ1) is 18.3. The van der Waals surface area contributed by atoms with Gasteiger partial charge in [0, 0.05) is 5.56 Å². The van der Waals surface area contributed by atoms with Crippen LogP contribution in [0.4, 0.5) is 0 Å². The molecule has 3 unspecified atom stereocenters. The second-order valence-corrected chi connectivity index (χ2v) is 7.67. The summed E-state index contributed by atoms with van der Waals surface area (Å²) in [5.41, 5.74) is 0.217. The van der Waals surface area contributed by atoms with E-state index in [2.05, 4.69) is 0 Å². The monoisotopic (exact) mass is 350 g/mol. The molecule has 6 nitrogen and oxygen atoms in total. The summed E-state index contributed by atoms with van der Waals surface area (Å²) >= 11 is 0. The molecule has 25 heavy (non-hydrogen) atoms. The third-order valence-corrected chi connectivity index (χ3v) is 4.51. The molecule has 1 N–H and O–H groups in total. The molecule has 2 saturated heterocycles. The quantitative estimate of drug-likeness (QED) is 0.825. The summed E-state index contributed by atoms with van der Waals surface area (Å²) in [6, 6.07) is 9.52. The normalized spacial score (nSPS) is 35.7. The zero-order valence-corrected chi connectivity index (χ0v) is 15.0. The Labute approximate surface area is 148 Å². The Morgan fingerprint density at radius 2 is 1.88 bits per heavy atom. The maximum atomic E-state index is 12.2. The summed E-state index contributed by atoms with van der Waals surface area (Å²) in [7, 11) is 0. The van der Waals surface area contributed by atoms with Crippen molar-refractivity contribution in [2.45, 2.75) is 64.5 Å². The lowest BCUT2D eigenvalue weighted by molar-refractivity contribution is -0.327. The summed E-state index contributed by atoms with van der Waals surface area (Å²) in [6.07, 6.45) is -3.78. The lowest BCUT2D eigenvalue weighted by atomic mass is 9.93. The van der Waals surface area contributed by atoms with Crippen LogP contribution in [0.1, 0.15) is 39.5 Å². The highest BCUT2D eigenvalue weighted by molar-refractivity contribution is 5.75. The van der Waals surface area contributed by atoms with Crippen molar-refractivity contribution in [3.05, 3.63) is 35.9 Å². The Bertz CT molecular complexity index is 596. The van der Waals surface area contributed by atoms with Gasteiger partial charge in [-0.2, -0.15) is 0 Å². The van der Waals surface area contributed by atoms with E-state index in [1.807, 2.05) is 30.3 Å². The van der Waals surface area contributed by atoms with Crippen molar-refractivity contribution in [3.8, 4) is 0 Å². The summed E-state index contributed by atoms with van der Waals surface area (Å²) in [5.74, 6) is -0.378. The van der Waals surface area contributed by atoms with Gasteiger partial charge in [0.1, 0.15) is 18.3 Å². The number of hydrogen-bond donors (Lipinski definition) is 1. The number of fused-ring (bicyclic) bond motifs is 1. The van der Waals surface area contributed by atoms with Crippen LogP contribution in [0.25, 0.3) is 0 Å². The molecule has 0 saturated carbocycles. The van der Waals surface area contributed by atoms with Crippen LogP contribution in [0.5, 0.6) is 0 Å². The molecule has 2 aliphatic heterocycles. The van der Waals surface area contributed by atoms with Gasteiger partial charge in [-0.1, -0.05) is 30.3 Å².